The lowest BCUT2D eigenvalue weighted by molar-refractivity contribution is 0.854. The predicted octanol–water partition coefficient (Wildman–Crippen LogP) is 1.12. The van der Waals surface area contributed by atoms with Gasteiger partial charge in [-0.25, -0.2) is 0 Å². The molecule has 2 N–H and O–H groups in total. The van der Waals surface area contributed by atoms with Crippen molar-refractivity contribution < 1.29 is 0 Å². The van der Waals surface area contributed by atoms with E-state index in [4.69, 9.17) is 6.42 Å². The molecule has 1 rings (SSSR count). The molecule has 0 aliphatic rings. The maximum Gasteiger partial charge on any atom is 0.192 e. The van der Waals surface area contributed by atoms with E-state index in [0.717, 1.165) is 24.6 Å². The Labute approximate surface area is 109 Å². The normalized spacial score (nSPS) is 10.8. The zero-order valence-corrected chi connectivity index (χ0v) is 11.0. The van der Waals surface area contributed by atoms with Gasteiger partial charge in [-0.1, -0.05) is 12.0 Å². The highest BCUT2D eigenvalue weighted by Crippen LogP contribution is 2.00. The first-order valence-electron chi connectivity index (χ1n) is 6.13. The molecule has 0 amide bonds. The molecular formula is C14H20N4. The van der Waals surface area contributed by atoms with E-state index < -0.39 is 0 Å². The molecule has 1 aromatic rings. The van der Waals surface area contributed by atoms with Gasteiger partial charge in [0, 0.05) is 25.0 Å². The van der Waals surface area contributed by atoms with Gasteiger partial charge < -0.3 is 10.6 Å². The van der Waals surface area contributed by atoms with E-state index in [1.165, 1.54) is 5.56 Å². The summed E-state index contributed by atoms with van der Waals surface area (Å²) in [4.78, 5) is 8.70. The Hall–Kier alpha value is -2.02. The van der Waals surface area contributed by atoms with Crippen molar-refractivity contribution in [2.45, 2.75) is 20.3 Å². The number of nitrogens with zero attached hydrogens (tertiary/aromatic N) is 2. The fourth-order valence-electron chi connectivity index (χ4n) is 1.42. The summed E-state index contributed by atoms with van der Waals surface area (Å²) in [5.41, 5.74) is 2.23. The standard InChI is InChI=1S/C14H20N4/c1-4-9-16-14(15-5-2)17-10-8-13-7-6-12(3)18-11-13/h1,6-7,11H,5,8-10H2,2-3H3,(H2,15,16,17). The molecule has 0 aliphatic heterocycles. The van der Waals surface area contributed by atoms with Crippen LogP contribution in [0.1, 0.15) is 18.2 Å². The summed E-state index contributed by atoms with van der Waals surface area (Å²) in [7, 11) is 0. The van der Waals surface area contributed by atoms with E-state index in [1.807, 2.05) is 26.1 Å². The van der Waals surface area contributed by atoms with Crippen LogP contribution < -0.4 is 10.6 Å². The maximum absolute atomic E-state index is 5.20. The third-order valence-electron chi connectivity index (χ3n) is 2.35. The lowest BCUT2D eigenvalue weighted by Crippen LogP contribution is -2.37. The Morgan fingerprint density at radius 2 is 2.28 bits per heavy atom. The van der Waals surface area contributed by atoms with Crippen LogP contribution in [-0.2, 0) is 6.42 Å². The number of hydrogen-bond donors (Lipinski definition) is 2. The van der Waals surface area contributed by atoms with Gasteiger partial charge >= 0.3 is 0 Å². The van der Waals surface area contributed by atoms with E-state index in [9.17, 15) is 0 Å². The number of aromatic nitrogens is 1. The minimum absolute atomic E-state index is 0.484. The summed E-state index contributed by atoms with van der Waals surface area (Å²) in [6, 6.07) is 4.10. The van der Waals surface area contributed by atoms with Crippen molar-refractivity contribution in [1.82, 2.24) is 15.6 Å². The third kappa shape index (κ3) is 5.35. The van der Waals surface area contributed by atoms with Crippen molar-refractivity contribution in [2.24, 2.45) is 4.99 Å². The van der Waals surface area contributed by atoms with Gasteiger partial charge in [0.25, 0.3) is 0 Å². The molecule has 0 atom stereocenters. The number of nitrogens with one attached hydrogen (secondary N) is 2. The van der Waals surface area contributed by atoms with Crippen LogP contribution in [-0.4, -0.2) is 30.6 Å². The highest BCUT2D eigenvalue weighted by Gasteiger charge is 1.96. The van der Waals surface area contributed by atoms with Crippen molar-refractivity contribution in [3.63, 3.8) is 0 Å². The molecule has 4 nitrogen and oxygen atoms in total. The van der Waals surface area contributed by atoms with Crippen LogP contribution in [0.15, 0.2) is 23.3 Å². The van der Waals surface area contributed by atoms with Gasteiger partial charge in [0.1, 0.15) is 0 Å². The molecule has 4 heteroatoms. The molecule has 0 radical (unpaired) electrons. The monoisotopic (exact) mass is 244 g/mol. The predicted molar refractivity (Wildman–Crippen MR) is 75.5 cm³/mol. The molecule has 96 valence electrons. The van der Waals surface area contributed by atoms with Gasteiger partial charge in [0.15, 0.2) is 5.96 Å². The van der Waals surface area contributed by atoms with Crippen LogP contribution in [0.3, 0.4) is 0 Å². The molecule has 1 aromatic heterocycles. The molecule has 0 saturated carbocycles. The first kappa shape index (κ1) is 14.0. The molecule has 0 fully saturated rings. The number of hydrogen-bond acceptors (Lipinski definition) is 2. The maximum atomic E-state index is 5.20. The lowest BCUT2D eigenvalue weighted by Gasteiger charge is -2.08. The topological polar surface area (TPSA) is 49.3 Å². The largest absolute Gasteiger partial charge is 0.357 e. The van der Waals surface area contributed by atoms with Crippen molar-refractivity contribution in [1.29, 1.82) is 0 Å². The Balaban J connectivity index is 2.45. The highest BCUT2D eigenvalue weighted by atomic mass is 15.2. The molecule has 0 aliphatic carbocycles. The van der Waals surface area contributed by atoms with Gasteiger partial charge in [0.05, 0.1) is 6.54 Å². The van der Waals surface area contributed by atoms with Crippen molar-refractivity contribution in [2.75, 3.05) is 19.6 Å². The van der Waals surface area contributed by atoms with E-state index in [-0.39, 0.29) is 0 Å². The second kappa shape index (κ2) is 8.13. The first-order valence-corrected chi connectivity index (χ1v) is 6.13. The fraction of sp³-hybridized carbons (Fsp3) is 0.429. The Morgan fingerprint density at radius 3 is 2.89 bits per heavy atom. The van der Waals surface area contributed by atoms with E-state index in [0.29, 0.717) is 13.1 Å². The Morgan fingerprint density at radius 1 is 1.44 bits per heavy atom. The van der Waals surface area contributed by atoms with Crippen molar-refractivity contribution >= 4 is 5.96 Å². The number of guanidine groups is 1. The second-order valence-electron chi connectivity index (χ2n) is 3.88. The van der Waals surface area contributed by atoms with E-state index in [1.54, 1.807) is 0 Å². The summed E-state index contributed by atoms with van der Waals surface area (Å²) >= 11 is 0. The summed E-state index contributed by atoms with van der Waals surface area (Å²) in [5, 5.41) is 6.19. The van der Waals surface area contributed by atoms with Gasteiger partial charge in [0.2, 0.25) is 0 Å². The molecular weight excluding hydrogens is 224 g/mol. The van der Waals surface area contributed by atoms with Gasteiger partial charge in [-0.15, -0.1) is 6.42 Å². The summed E-state index contributed by atoms with van der Waals surface area (Å²) in [5.74, 6) is 3.29. The molecule has 0 saturated heterocycles. The summed E-state index contributed by atoms with van der Waals surface area (Å²) in [6.07, 6.45) is 7.97. The number of aryl methyl sites for hydroxylation is 1. The van der Waals surface area contributed by atoms with Crippen molar-refractivity contribution in [3.8, 4) is 12.3 Å². The SMILES string of the molecule is C#CCNC(=NCCc1ccc(C)nc1)NCC. The van der Waals surface area contributed by atoms with E-state index >= 15 is 0 Å². The minimum Gasteiger partial charge on any atom is -0.357 e. The lowest BCUT2D eigenvalue weighted by atomic mass is 10.2. The van der Waals surface area contributed by atoms with Crippen LogP contribution in [0, 0.1) is 19.3 Å². The molecule has 0 unspecified atom stereocenters. The highest BCUT2D eigenvalue weighted by molar-refractivity contribution is 5.79. The molecule has 0 aromatic carbocycles. The third-order valence-corrected chi connectivity index (χ3v) is 2.35. The average molecular weight is 244 g/mol. The van der Waals surface area contributed by atoms with Crippen LogP contribution in [0.5, 0.6) is 0 Å². The minimum atomic E-state index is 0.484. The smallest absolute Gasteiger partial charge is 0.192 e. The van der Waals surface area contributed by atoms with Crippen LogP contribution in [0.25, 0.3) is 0 Å². The quantitative estimate of drug-likeness (QED) is 0.463. The van der Waals surface area contributed by atoms with Crippen LogP contribution >= 0.6 is 0 Å². The number of terminal acetylenes is 1. The second-order valence-corrected chi connectivity index (χ2v) is 3.88. The number of aliphatic imine (C=N–C) groups is 1. The van der Waals surface area contributed by atoms with Crippen LogP contribution in [0.2, 0.25) is 0 Å². The van der Waals surface area contributed by atoms with Gasteiger partial charge in [-0.05, 0) is 31.9 Å². The van der Waals surface area contributed by atoms with Gasteiger partial charge in [-0.2, -0.15) is 0 Å². The zero-order chi connectivity index (χ0) is 13.2. The average Bonchev–Trinajstić information content (AvgIpc) is 2.38. The Bertz CT molecular complexity index is 414. The van der Waals surface area contributed by atoms with Crippen molar-refractivity contribution in [3.05, 3.63) is 29.6 Å². The number of rotatable bonds is 5. The van der Waals surface area contributed by atoms with E-state index in [2.05, 4.69) is 32.6 Å². The molecule has 0 bridgehead atoms. The molecule has 0 spiro atoms. The van der Waals surface area contributed by atoms with Gasteiger partial charge in [-0.3, -0.25) is 9.98 Å². The first-order chi connectivity index (χ1) is 8.76. The number of pyridine rings is 1. The molecule has 18 heavy (non-hydrogen) atoms. The Kier molecular flexibility index (Phi) is 6.34. The van der Waals surface area contributed by atoms with Crippen LogP contribution in [0.4, 0.5) is 0 Å². The summed E-state index contributed by atoms with van der Waals surface area (Å²) in [6.45, 7) is 6.02. The fourth-order valence-corrected chi connectivity index (χ4v) is 1.42. The summed E-state index contributed by atoms with van der Waals surface area (Å²) < 4.78 is 0. The zero-order valence-electron chi connectivity index (χ0n) is 11.0. The molecule has 1 heterocycles.